The summed E-state index contributed by atoms with van der Waals surface area (Å²) in [5, 5.41) is 10.1. The highest BCUT2D eigenvalue weighted by molar-refractivity contribution is 5.35. The largest absolute Gasteiger partial charge is 0.197 e. The highest BCUT2D eigenvalue weighted by atomic mass is 14.5. The standard InChI is InChI=1S/C28H43N/c1-3-5-6-7-8-9-24-12-16-27(17-13-24)28(22-29)20-18-26(19-21-28)25-14-10-23(4-2)11-15-25/h12-13,16-17,23,25-26H,3-11,14-15,18-21H2,1-2H3/t23?,25?,26-,28-. The van der Waals surface area contributed by atoms with Gasteiger partial charge in [0.05, 0.1) is 11.5 Å². The van der Waals surface area contributed by atoms with Crippen LogP contribution in [0.4, 0.5) is 0 Å². The van der Waals surface area contributed by atoms with E-state index in [-0.39, 0.29) is 5.41 Å². The maximum Gasteiger partial charge on any atom is 0.0822 e. The average Bonchev–Trinajstić information content (AvgIpc) is 2.79. The predicted octanol–water partition coefficient (Wildman–Crippen LogP) is 8.37. The van der Waals surface area contributed by atoms with Gasteiger partial charge in [0.25, 0.3) is 0 Å². The predicted molar refractivity (Wildman–Crippen MR) is 124 cm³/mol. The molecule has 1 nitrogen and oxygen atoms in total. The van der Waals surface area contributed by atoms with Crippen LogP contribution in [0.5, 0.6) is 0 Å². The molecule has 2 saturated carbocycles. The second kappa shape index (κ2) is 11.2. The monoisotopic (exact) mass is 393 g/mol. The van der Waals surface area contributed by atoms with E-state index in [9.17, 15) is 5.26 Å². The summed E-state index contributed by atoms with van der Waals surface area (Å²) in [4.78, 5) is 0. The van der Waals surface area contributed by atoms with Crippen LogP contribution >= 0.6 is 0 Å². The quantitative estimate of drug-likeness (QED) is 0.386. The summed E-state index contributed by atoms with van der Waals surface area (Å²) in [6, 6.07) is 11.9. The van der Waals surface area contributed by atoms with Crippen LogP contribution < -0.4 is 0 Å². The van der Waals surface area contributed by atoms with E-state index in [4.69, 9.17) is 0 Å². The Labute approximate surface area is 180 Å². The van der Waals surface area contributed by atoms with Crippen molar-refractivity contribution in [3.8, 4) is 6.07 Å². The van der Waals surface area contributed by atoms with Gasteiger partial charge in [-0.1, -0.05) is 83.1 Å². The molecule has 160 valence electrons. The fourth-order valence-electron chi connectivity index (χ4n) is 6.06. The lowest BCUT2D eigenvalue weighted by Crippen LogP contribution is -2.33. The molecule has 29 heavy (non-hydrogen) atoms. The first-order valence-corrected chi connectivity index (χ1v) is 12.7. The van der Waals surface area contributed by atoms with E-state index in [2.05, 4.69) is 44.2 Å². The van der Waals surface area contributed by atoms with Crippen LogP contribution in [0.3, 0.4) is 0 Å². The van der Waals surface area contributed by atoms with Crippen LogP contribution in [-0.2, 0) is 11.8 Å². The molecule has 2 aliphatic carbocycles. The van der Waals surface area contributed by atoms with Crippen LogP contribution in [0.25, 0.3) is 0 Å². The van der Waals surface area contributed by atoms with Crippen molar-refractivity contribution in [3.05, 3.63) is 35.4 Å². The van der Waals surface area contributed by atoms with E-state index in [0.717, 1.165) is 30.6 Å². The summed E-state index contributed by atoms with van der Waals surface area (Å²) in [7, 11) is 0. The lowest BCUT2D eigenvalue weighted by Gasteiger charge is -2.41. The third-order valence-corrected chi connectivity index (χ3v) is 8.31. The highest BCUT2D eigenvalue weighted by Crippen LogP contribution is 2.47. The molecule has 3 rings (SSSR count). The highest BCUT2D eigenvalue weighted by Gasteiger charge is 2.39. The van der Waals surface area contributed by atoms with Crippen molar-refractivity contribution in [1.82, 2.24) is 0 Å². The zero-order valence-corrected chi connectivity index (χ0v) is 19.1. The summed E-state index contributed by atoms with van der Waals surface area (Å²) in [6.45, 7) is 4.62. The van der Waals surface area contributed by atoms with Gasteiger partial charge in [-0.3, -0.25) is 0 Å². The van der Waals surface area contributed by atoms with E-state index in [1.54, 1.807) is 0 Å². The molecule has 1 aromatic carbocycles. The third kappa shape index (κ3) is 5.87. The number of benzene rings is 1. The summed E-state index contributed by atoms with van der Waals surface area (Å²) in [6.07, 6.45) is 19.7. The van der Waals surface area contributed by atoms with Gasteiger partial charge in [0, 0.05) is 0 Å². The Hall–Kier alpha value is -1.29. The van der Waals surface area contributed by atoms with Gasteiger partial charge < -0.3 is 0 Å². The van der Waals surface area contributed by atoms with Crippen LogP contribution in [0, 0.1) is 29.1 Å². The molecule has 0 unspecified atom stereocenters. The minimum Gasteiger partial charge on any atom is -0.197 e. The molecule has 0 aliphatic heterocycles. The van der Waals surface area contributed by atoms with E-state index in [1.807, 2.05) is 0 Å². The van der Waals surface area contributed by atoms with E-state index in [1.165, 1.54) is 94.6 Å². The van der Waals surface area contributed by atoms with Gasteiger partial charge in [-0.2, -0.15) is 5.26 Å². The Morgan fingerprint density at radius 1 is 0.828 bits per heavy atom. The van der Waals surface area contributed by atoms with Gasteiger partial charge in [0.2, 0.25) is 0 Å². The molecular weight excluding hydrogens is 350 g/mol. The summed E-state index contributed by atoms with van der Waals surface area (Å²) >= 11 is 0. The van der Waals surface area contributed by atoms with Crippen LogP contribution in [0.1, 0.15) is 115 Å². The molecule has 0 saturated heterocycles. The molecule has 0 heterocycles. The van der Waals surface area contributed by atoms with E-state index >= 15 is 0 Å². The first-order valence-electron chi connectivity index (χ1n) is 12.7. The molecule has 1 heteroatoms. The molecule has 0 spiro atoms. The number of rotatable bonds is 9. The zero-order chi connectivity index (χ0) is 20.5. The fraction of sp³-hybridized carbons (Fsp3) is 0.750. The number of hydrogen-bond acceptors (Lipinski definition) is 1. The van der Waals surface area contributed by atoms with Crippen molar-refractivity contribution in [3.63, 3.8) is 0 Å². The lowest BCUT2D eigenvalue weighted by molar-refractivity contribution is 0.146. The number of hydrogen-bond donors (Lipinski definition) is 0. The molecule has 0 amide bonds. The number of aryl methyl sites for hydroxylation is 1. The maximum atomic E-state index is 10.1. The Balaban J connectivity index is 1.51. The average molecular weight is 394 g/mol. The Morgan fingerprint density at radius 3 is 2.03 bits per heavy atom. The lowest BCUT2D eigenvalue weighted by atomic mass is 9.63. The SMILES string of the molecule is CCCCCCCc1ccc([C@]2(C#N)CC[C@@H](C3CCC(CC)CC3)CC2)cc1. The van der Waals surface area contributed by atoms with Crippen molar-refractivity contribution in [1.29, 1.82) is 5.26 Å². The third-order valence-electron chi connectivity index (χ3n) is 8.31. The molecular formula is C28H43N. The van der Waals surface area contributed by atoms with Crippen molar-refractivity contribution in [2.45, 2.75) is 116 Å². The van der Waals surface area contributed by atoms with E-state index in [0.29, 0.717) is 0 Å². The Bertz CT molecular complexity index is 621. The topological polar surface area (TPSA) is 23.8 Å². The molecule has 0 aromatic heterocycles. The molecule has 0 atom stereocenters. The molecule has 1 aromatic rings. The first kappa shape index (κ1) is 22.4. The second-order valence-electron chi connectivity index (χ2n) is 10.1. The molecule has 0 bridgehead atoms. The van der Waals surface area contributed by atoms with Gasteiger partial charge in [-0.25, -0.2) is 0 Å². The van der Waals surface area contributed by atoms with Crippen molar-refractivity contribution >= 4 is 0 Å². The smallest absolute Gasteiger partial charge is 0.0822 e. The van der Waals surface area contributed by atoms with Crippen molar-refractivity contribution < 1.29 is 0 Å². The number of unbranched alkanes of at least 4 members (excludes halogenated alkanes) is 4. The zero-order valence-electron chi connectivity index (χ0n) is 19.1. The minimum absolute atomic E-state index is 0.225. The first-order chi connectivity index (χ1) is 14.2. The van der Waals surface area contributed by atoms with Crippen LogP contribution in [0.15, 0.2) is 24.3 Å². The van der Waals surface area contributed by atoms with Crippen molar-refractivity contribution in [2.75, 3.05) is 0 Å². The maximum absolute atomic E-state index is 10.1. The number of nitrogens with zero attached hydrogens (tertiary/aromatic N) is 1. The van der Waals surface area contributed by atoms with Gasteiger partial charge in [0.1, 0.15) is 0 Å². The van der Waals surface area contributed by atoms with Crippen LogP contribution in [0.2, 0.25) is 0 Å². The summed E-state index contributed by atoms with van der Waals surface area (Å²) in [5.41, 5.74) is 2.50. The Kier molecular flexibility index (Phi) is 8.65. The van der Waals surface area contributed by atoms with Gasteiger partial charge in [-0.05, 0) is 80.2 Å². The van der Waals surface area contributed by atoms with Gasteiger partial charge >= 0.3 is 0 Å². The summed E-state index contributed by atoms with van der Waals surface area (Å²) in [5.74, 6) is 2.79. The van der Waals surface area contributed by atoms with Crippen molar-refractivity contribution in [2.24, 2.45) is 17.8 Å². The van der Waals surface area contributed by atoms with Gasteiger partial charge in [0.15, 0.2) is 0 Å². The molecule has 0 radical (unpaired) electrons. The Morgan fingerprint density at radius 2 is 1.45 bits per heavy atom. The van der Waals surface area contributed by atoms with Crippen LogP contribution in [-0.4, -0.2) is 0 Å². The van der Waals surface area contributed by atoms with E-state index < -0.39 is 0 Å². The fourth-order valence-corrected chi connectivity index (χ4v) is 6.06. The minimum atomic E-state index is -0.225. The molecule has 2 aliphatic rings. The summed E-state index contributed by atoms with van der Waals surface area (Å²) < 4.78 is 0. The second-order valence-corrected chi connectivity index (χ2v) is 10.1. The number of nitriles is 1. The van der Waals surface area contributed by atoms with Gasteiger partial charge in [-0.15, -0.1) is 0 Å². The molecule has 2 fully saturated rings. The normalized spacial score (nSPS) is 30.0. The molecule has 0 N–H and O–H groups in total.